The molecule has 0 aromatic heterocycles. The highest BCUT2D eigenvalue weighted by molar-refractivity contribution is 5.86. The van der Waals surface area contributed by atoms with E-state index in [-0.39, 0.29) is 6.10 Å². The van der Waals surface area contributed by atoms with Crippen LogP contribution >= 0.6 is 0 Å². The summed E-state index contributed by atoms with van der Waals surface area (Å²) in [6, 6.07) is 4.27. The maximum atomic E-state index is 12.3. The van der Waals surface area contributed by atoms with Crippen LogP contribution in [-0.4, -0.2) is 42.4 Å². The lowest BCUT2D eigenvalue weighted by Gasteiger charge is -2.24. The number of aryl methyl sites for hydroxylation is 2. The highest BCUT2D eigenvalue weighted by Crippen LogP contribution is 2.18. The zero-order valence-electron chi connectivity index (χ0n) is 15.1. The number of aliphatic carboxylic acids is 1. The lowest BCUT2D eigenvalue weighted by atomic mass is 10.0. The number of rotatable bonds is 7. The first-order chi connectivity index (χ1) is 11.9. The number of nitrogens with one attached hydrogen (secondary N) is 1. The summed E-state index contributed by atoms with van der Waals surface area (Å²) < 4.78 is 11.1. The van der Waals surface area contributed by atoms with Gasteiger partial charge < -0.3 is 19.9 Å². The Labute approximate surface area is 148 Å². The Balaban J connectivity index is 1.94. The minimum absolute atomic E-state index is 0.0130. The summed E-state index contributed by atoms with van der Waals surface area (Å²) >= 11 is 0. The van der Waals surface area contributed by atoms with Gasteiger partial charge in [0.1, 0.15) is 6.10 Å². The van der Waals surface area contributed by atoms with Crippen LogP contribution in [0.3, 0.4) is 0 Å². The van der Waals surface area contributed by atoms with E-state index in [0.29, 0.717) is 12.2 Å². The van der Waals surface area contributed by atoms with Gasteiger partial charge in [-0.15, -0.1) is 0 Å². The predicted molar refractivity (Wildman–Crippen MR) is 93.4 cm³/mol. The molecule has 138 valence electrons. The average Bonchev–Trinajstić information content (AvgIpc) is 2.60. The van der Waals surface area contributed by atoms with E-state index in [1.54, 1.807) is 19.1 Å². The molecule has 1 amide bonds. The minimum Gasteiger partial charge on any atom is -0.479 e. The van der Waals surface area contributed by atoms with Gasteiger partial charge in [0.25, 0.3) is 0 Å². The summed E-state index contributed by atoms with van der Waals surface area (Å²) in [6.45, 7) is 6.56. The summed E-state index contributed by atoms with van der Waals surface area (Å²) in [5.74, 6) is -1.54. The van der Waals surface area contributed by atoms with Gasteiger partial charge in [0, 0.05) is 6.61 Å². The number of ether oxygens (including phenoxy) is 2. The van der Waals surface area contributed by atoms with Crippen LogP contribution in [0.1, 0.15) is 48.9 Å². The third kappa shape index (κ3) is 5.54. The molecule has 3 unspecified atom stereocenters. The van der Waals surface area contributed by atoms with Gasteiger partial charge in [0.15, 0.2) is 6.04 Å². The molecular formula is C19H27NO5. The average molecular weight is 349 g/mol. The largest absolute Gasteiger partial charge is 0.479 e. The Kier molecular flexibility index (Phi) is 6.96. The highest BCUT2D eigenvalue weighted by Gasteiger charge is 2.26. The normalized spacial score (nSPS) is 19.9. The predicted octanol–water partition coefficient (Wildman–Crippen LogP) is 2.52. The van der Waals surface area contributed by atoms with Crippen LogP contribution in [0.4, 0.5) is 0 Å². The summed E-state index contributed by atoms with van der Waals surface area (Å²) in [6.07, 6.45) is 2.36. The van der Waals surface area contributed by atoms with E-state index in [2.05, 4.69) is 5.32 Å². The van der Waals surface area contributed by atoms with E-state index in [4.69, 9.17) is 9.47 Å². The summed E-state index contributed by atoms with van der Waals surface area (Å²) in [5.41, 5.74) is 2.60. The van der Waals surface area contributed by atoms with Gasteiger partial charge in [-0.25, -0.2) is 4.79 Å². The fourth-order valence-corrected chi connectivity index (χ4v) is 2.76. The Morgan fingerprint density at radius 1 is 1.32 bits per heavy atom. The van der Waals surface area contributed by atoms with E-state index < -0.39 is 24.0 Å². The second kappa shape index (κ2) is 8.97. The van der Waals surface area contributed by atoms with Crippen molar-refractivity contribution in [1.82, 2.24) is 5.32 Å². The standard InChI is InChI=1S/C19H27NO5/c1-12-7-8-15(10-13(12)2)17(19(22)23)20-18(21)14(3)25-11-16-6-4-5-9-24-16/h7-8,10,14,16-17H,4-6,9,11H2,1-3H3,(H,20,21)(H,22,23). The maximum Gasteiger partial charge on any atom is 0.330 e. The molecule has 1 aliphatic rings. The topological polar surface area (TPSA) is 84.9 Å². The second-order valence-electron chi connectivity index (χ2n) is 6.59. The molecule has 25 heavy (non-hydrogen) atoms. The van der Waals surface area contributed by atoms with Crippen LogP contribution < -0.4 is 5.32 Å². The molecular weight excluding hydrogens is 322 g/mol. The number of hydrogen-bond acceptors (Lipinski definition) is 4. The van der Waals surface area contributed by atoms with E-state index >= 15 is 0 Å². The molecule has 0 aliphatic carbocycles. The molecule has 2 N–H and O–H groups in total. The summed E-state index contributed by atoms with van der Waals surface area (Å²) in [4.78, 5) is 23.9. The molecule has 3 atom stereocenters. The quantitative estimate of drug-likeness (QED) is 0.790. The molecule has 1 saturated heterocycles. The van der Waals surface area contributed by atoms with Crippen LogP contribution in [0.5, 0.6) is 0 Å². The van der Waals surface area contributed by atoms with Crippen LogP contribution in [0.15, 0.2) is 18.2 Å². The molecule has 2 rings (SSSR count). The van der Waals surface area contributed by atoms with Gasteiger partial charge in [0.2, 0.25) is 5.91 Å². The first-order valence-electron chi connectivity index (χ1n) is 8.72. The van der Waals surface area contributed by atoms with Crippen molar-refractivity contribution < 1.29 is 24.2 Å². The Morgan fingerprint density at radius 2 is 2.08 bits per heavy atom. The second-order valence-corrected chi connectivity index (χ2v) is 6.59. The molecule has 6 heteroatoms. The summed E-state index contributed by atoms with van der Waals surface area (Å²) in [5, 5.41) is 12.0. The summed E-state index contributed by atoms with van der Waals surface area (Å²) in [7, 11) is 0. The van der Waals surface area contributed by atoms with Gasteiger partial charge in [-0.2, -0.15) is 0 Å². The van der Waals surface area contributed by atoms with Gasteiger partial charge in [0.05, 0.1) is 12.7 Å². The van der Waals surface area contributed by atoms with Crippen LogP contribution in [0.2, 0.25) is 0 Å². The van der Waals surface area contributed by atoms with E-state index in [9.17, 15) is 14.7 Å². The van der Waals surface area contributed by atoms with Crippen molar-refractivity contribution >= 4 is 11.9 Å². The number of carbonyl (C=O) groups is 2. The SMILES string of the molecule is Cc1ccc(C(NC(=O)C(C)OCC2CCCCO2)C(=O)O)cc1C. The lowest BCUT2D eigenvalue weighted by Crippen LogP contribution is -2.41. The molecule has 0 radical (unpaired) electrons. The van der Waals surface area contributed by atoms with Gasteiger partial charge in [-0.05, 0) is 56.7 Å². The number of carboxylic acids is 1. The third-order valence-corrected chi connectivity index (χ3v) is 4.57. The van der Waals surface area contributed by atoms with Crippen LogP contribution in [0, 0.1) is 13.8 Å². The van der Waals surface area contributed by atoms with Crippen molar-refractivity contribution in [3.63, 3.8) is 0 Å². The first kappa shape index (κ1) is 19.4. The van der Waals surface area contributed by atoms with Crippen molar-refractivity contribution in [3.05, 3.63) is 34.9 Å². The Hall–Kier alpha value is -1.92. The van der Waals surface area contributed by atoms with Crippen molar-refractivity contribution in [2.45, 2.75) is 58.3 Å². The molecule has 1 aliphatic heterocycles. The molecule has 1 fully saturated rings. The molecule has 0 spiro atoms. The number of hydrogen-bond donors (Lipinski definition) is 2. The number of carbonyl (C=O) groups excluding carboxylic acids is 1. The maximum absolute atomic E-state index is 12.3. The van der Waals surface area contributed by atoms with Crippen molar-refractivity contribution in [3.8, 4) is 0 Å². The molecule has 0 saturated carbocycles. The molecule has 1 aromatic rings. The van der Waals surface area contributed by atoms with Gasteiger partial charge >= 0.3 is 5.97 Å². The zero-order chi connectivity index (χ0) is 18.4. The first-order valence-corrected chi connectivity index (χ1v) is 8.72. The van der Waals surface area contributed by atoms with Gasteiger partial charge in [-0.3, -0.25) is 4.79 Å². The Morgan fingerprint density at radius 3 is 2.68 bits per heavy atom. The number of benzene rings is 1. The van der Waals surface area contributed by atoms with Gasteiger partial charge in [-0.1, -0.05) is 18.2 Å². The molecule has 1 heterocycles. The van der Waals surface area contributed by atoms with Crippen molar-refractivity contribution in [1.29, 1.82) is 0 Å². The number of amides is 1. The zero-order valence-corrected chi connectivity index (χ0v) is 15.1. The lowest BCUT2D eigenvalue weighted by molar-refractivity contribution is -0.145. The highest BCUT2D eigenvalue weighted by atomic mass is 16.5. The van der Waals surface area contributed by atoms with Crippen molar-refractivity contribution in [2.75, 3.05) is 13.2 Å². The third-order valence-electron chi connectivity index (χ3n) is 4.57. The van der Waals surface area contributed by atoms with Crippen LogP contribution in [-0.2, 0) is 19.1 Å². The van der Waals surface area contributed by atoms with Crippen molar-refractivity contribution in [2.24, 2.45) is 0 Å². The van der Waals surface area contributed by atoms with E-state index in [1.165, 1.54) is 0 Å². The fourth-order valence-electron chi connectivity index (χ4n) is 2.76. The van der Waals surface area contributed by atoms with E-state index in [0.717, 1.165) is 37.0 Å². The number of carboxylic acid groups (broad SMARTS) is 1. The molecule has 6 nitrogen and oxygen atoms in total. The van der Waals surface area contributed by atoms with E-state index in [1.807, 2.05) is 19.9 Å². The molecule has 1 aromatic carbocycles. The fraction of sp³-hybridized carbons (Fsp3) is 0.579. The minimum atomic E-state index is -1.10. The smallest absolute Gasteiger partial charge is 0.330 e. The van der Waals surface area contributed by atoms with Crippen LogP contribution in [0.25, 0.3) is 0 Å². The monoisotopic (exact) mass is 349 g/mol. The molecule has 0 bridgehead atoms. The Bertz CT molecular complexity index is 610.